The van der Waals surface area contributed by atoms with Crippen molar-refractivity contribution in [1.29, 1.82) is 0 Å². The smallest absolute Gasteiger partial charge is 0.315 e. The van der Waals surface area contributed by atoms with Crippen LogP contribution in [0.2, 0.25) is 0 Å². The molecule has 2 aromatic carbocycles. The first-order chi connectivity index (χ1) is 11.2. The van der Waals surface area contributed by atoms with Crippen LogP contribution in [0.1, 0.15) is 16.7 Å². The molecular weight excluding hydrogens is 292 g/mol. The number of benzene rings is 2. The molecule has 0 aromatic heterocycles. The van der Waals surface area contributed by atoms with Gasteiger partial charge >= 0.3 is 6.03 Å². The summed E-state index contributed by atoms with van der Waals surface area (Å²) in [5, 5.41) is 5.67. The number of rotatable bonds is 6. The third-order valence-electron chi connectivity index (χ3n) is 3.60. The lowest BCUT2D eigenvalue weighted by Gasteiger charge is -2.15. The summed E-state index contributed by atoms with van der Waals surface area (Å²) in [5.41, 5.74) is 2.88. The number of amides is 2. The standard InChI is InChI=1S/C18H22N2O3/c1-13-16(22-2)10-9-15(17(13)23-3)12-20-18(21)19-11-14-7-5-4-6-8-14/h4-10H,11-12H2,1-3H3,(H2,19,20,21). The van der Waals surface area contributed by atoms with Gasteiger partial charge in [-0.05, 0) is 24.6 Å². The molecule has 5 heteroatoms. The maximum absolute atomic E-state index is 11.9. The summed E-state index contributed by atoms with van der Waals surface area (Å²) < 4.78 is 10.7. The topological polar surface area (TPSA) is 59.6 Å². The fourth-order valence-electron chi connectivity index (χ4n) is 2.39. The monoisotopic (exact) mass is 314 g/mol. The fraction of sp³-hybridized carbons (Fsp3) is 0.278. The molecule has 0 fully saturated rings. The van der Waals surface area contributed by atoms with E-state index >= 15 is 0 Å². The van der Waals surface area contributed by atoms with Gasteiger partial charge in [0, 0.05) is 24.2 Å². The van der Waals surface area contributed by atoms with Gasteiger partial charge in [-0.2, -0.15) is 0 Å². The first kappa shape index (κ1) is 16.7. The molecule has 0 heterocycles. The Balaban J connectivity index is 1.92. The number of carbonyl (C=O) groups excluding carboxylic acids is 1. The van der Waals surface area contributed by atoms with Gasteiger partial charge in [-0.3, -0.25) is 0 Å². The van der Waals surface area contributed by atoms with Crippen LogP contribution >= 0.6 is 0 Å². The summed E-state index contributed by atoms with van der Waals surface area (Å²) in [5.74, 6) is 1.49. The number of urea groups is 1. The van der Waals surface area contributed by atoms with Crippen LogP contribution in [0.25, 0.3) is 0 Å². The van der Waals surface area contributed by atoms with E-state index in [1.807, 2.05) is 49.4 Å². The van der Waals surface area contributed by atoms with E-state index in [-0.39, 0.29) is 6.03 Å². The lowest BCUT2D eigenvalue weighted by atomic mass is 10.1. The lowest BCUT2D eigenvalue weighted by Crippen LogP contribution is -2.34. The minimum absolute atomic E-state index is 0.218. The third-order valence-corrected chi connectivity index (χ3v) is 3.60. The number of hydrogen-bond donors (Lipinski definition) is 2. The van der Waals surface area contributed by atoms with Gasteiger partial charge in [-0.15, -0.1) is 0 Å². The Morgan fingerprint density at radius 2 is 1.65 bits per heavy atom. The maximum Gasteiger partial charge on any atom is 0.315 e. The fourth-order valence-corrected chi connectivity index (χ4v) is 2.39. The van der Waals surface area contributed by atoms with E-state index in [0.29, 0.717) is 13.1 Å². The number of hydrogen-bond acceptors (Lipinski definition) is 3. The summed E-state index contributed by atoms with van der Waals surface area (Å²) >= 11 is 0. The highest BCUT2D eigenvalue weighted by molar-refractivity contribution is 5.74. The molecule has 0 atom stereocenters. The average Bonchev–Trinajstić information content (AvgIpc) is 2.59. The second kappa shape index (κ2) is 8.08. The Labute approximate surface area is 136 Å². The molecule has 23 heavy (non-hydrogen) atoms. The zero-order valence-corrected chi connectivity index (χ0v) is 13.7. The lowest BCUT2D eigenvalue weighted by molar-refractivity contribution is 0.240. The molecule has 122 valence electrons. The van der Waals surface area contributed by atoms with Crippen LogP contribution in [0.5, 0.6) is 11.5 Å². The summed E-state index contributed by atoms with van der Waals surface area (Å²) in [6.07, 6.45) is 0. The highest BCUT2D eigenvalue weighted by atomic mass is 16.5. The summed E-state index contributed by atoms with van der Waals surface area (Å²) in [6.45, 7) is 2.80. The van der Waals surface area contributed by atoms with Crippen molar-refractivity contribution < 1.29 is 14.3 Å². The van der Waals surface area contributed by atoms with E-state index in [0.717, 1.165) is 28.2 Å². The van der Waals surface area contributed by atoms with Crippen LogP contribution < -0.4 is 20.1 Å². The second-order valence-electron chi connectivity index (χ2n) is 5.11. The Bertz CT molecular complexity index is 657. The van der Waals surface area contributed by atoms with Gasteiger partial charge in [0.25, 0.3) is 0 Å². The minimum Gasteiger partial charge on any atom is -0.496 e. The molecule has 2 N–H and O–H groups in total. The van der Waals surface area contributed by atoms with Crippen LogP contribution in [-0.4, -0.2) is 20.3 Å². The zero-order valence-electron chi connectivity index (χ0n) is 13.7. The van der Waals surface area contributed by atoms with Crippen LogP contribution in [0, 0.1) is 6.92 Å². The predicted molar refractivity (Wildman–Crippen MR) is 89.8 cm³/mol. The molecule has 2 rings (SSSR count). The molecule has 2 aromatic rings. The molecule has 0 bridgehead atoms. The molecule has 0 saturated carbocycles. The van der Waals surface area contributed by atoms with E-state index in [9.17, 15) is 4.79 Å². The first-order valence-electron chi connectivity index (χ1n) is 7.41. The van der Waals surface area contributed by atoms with E-state index in [2.05, 4.69) is 10.6 Å². The molecule has 2 amide bonds. The second-order valence-corrected chi connectivity index (χ2v) is 5.11. The predicted octanol–water partition coefficient (Wildman–Crippen LogP) is 3.01. The summed E-state index contributed by atoms with van der Waals surface area (Å²) in [4.78, 5) is 11.9. The van der Waals surface area contributed by atoms with Crippen LogP contribution in [0.3, 0.4) is 0 Å². The van der Waals surface area contributed by atoms with Crippen molar-refractivity contribution in [2.75, 3.05) is 14.2 Å². The van der Waals surface area contributed by atoms with Crippen molar-refractivity contribution in [2.45, 2.75) is 20.0 Å². The Kier molecular flexibility index (Phi) is 5.86. The molecule has 0 spiro atoms. The molecule has 0 aliphatic carbocycles. The third kappa shape index (κ3) is 4.39. The van der Waals surface area contributed by atoms with E-state index < -0.39 is 0 Å². The maximum atomic E-state index is 11.9. The van der Waals surface area contributed by atoms with Gasteiger partial charge in [0.15, 0.2) is 0 Å². The molecule has 0 saturated heterocycles. The molecule has 0 unspecified atom stereocenters. The van der Waals surface area contributed by atoms with Gasteiger partial charge in [0.05, 0.1) is 14.2 Å². The number of carbonyl (C=O) groups is 1. The van der Waals surface area contributed by atoms with Crippen LogP contribution in [0.15, 0.2) is 42.5 Å². The van der Waals surface area contributed by atoms with Gasteiger partial charge in [-0.1, -0.05) is 30.3 Å². The van der Waals surface area contributed by atoms with Crippen molar-refractivity contribution >= 4 is 6.03 Å². The van der Waals surface area contributed by atoms with E-state index in [4.69, 9.17) is 9.47 Å². The molecule has 0 aliphatic rings. The Morgan fingerprint density at radius 3 is 2.30 bits per heavy atom. The summed E-state index contributed by atoms with van der Waals surface area (Å²) in [7, 11) is 3.23. The van der Waals surface area contributed by atoms with Crippen molar-refractivity contribution in [1.82, 2.24) is 10.6 Å². The Morgan fingerprint density at radius 1 is 0.957 bits per heavy atom. The minimum atomic E-state index is -0.218. The first-order valence-corrected chi connectivity index (χ1v) is 7.41. The van der Waals surface area contributed by atoms with Crippen molar-refractivity contribution in [3.63, 3.8) is 0 Å². The Hall–Kier alpha value is -2.69. The molecule has 0 radical (unpaired) electrons. The van der Waals surface area contributed by atoms with E-state index in [1.165, 1.54) is 0 Å². The molecule has 0 aliphatic heterocycles. The number of methoxy groups -OCH3 is 2. The molecule has 5 nitrogen and oxygen atoms in total. The van der Waals surface area contributed by atoms with E-state index in [1.54, 1.807) is 14.2 Å². The van der Waals surface area contributed by atoms with Crippen LogP contribution in [-0.2, 0) is 13.1 Å². The largest absolute Gasteiger partial charge is 0.496 e. The number of ether oxygens (including phenoxy) is 2. The summed E-state index contributed by atoms with van der Waals surface area (Å²) in [6, 6.07) is 13.3. The van der Waals surface area contributed by atoms with Crippen molar-refractivity contribution in [3.8, 4) is 11.5 Å². The molecular formula is C18H22N2O3. The average molecular weight is 314 g/mol. The van der Waals surface area contributed by atoms with Gasteiger partial charge in [0.1, 0.15) is 11.5 Å². The number of nitrogens with one attached hydrogen (secondary N) is 2. The SMILES string of the molecule is COc1ccc(CNC(=O)NCc2ccccc2)c(OC)c1C. The highest BCUT2D eigenvalue weighted by Gasteiger charge is 2.11. The van der Waals surface area contributed by atoms with Crippen LogP contribution in [0.4, 0.5) is 4.79 Å². The van der Waals surface area contributed by atoms with Crippen molar-refractivity contribution in [3.05, 3.63) is 59.2 Å². The van der Waals surface area contributed by atoms with Crippen molar-refractivity contribution in [2.24, 2.45) is 0 Å². The van der Waals surface area contributed by atoms with Gasteiger partial charge in [0.2, 0.25) is 0 Å². The quantitative estimate of drug-likeness (QED) is 0.861. The highest BCUT2D eigenvalue weighted by Crippen LogP contribution is 2.31. The van der Waals surface area contributed by atoms with Gasteiger partial charge in [-0.25, -0.2) is 4.79 Å². The van der Waals surface area contributed by atoms with Gasteiger partial charge < -0.3 is 20.1 Å². The normalized spacial score (nSPS) is 10.0. The zero-order chi connectivity index (χ0) is 16.7.